The van der Waals surface area contributed by atoms with Crippen molar-refractivity contribution < 1.29 is 34.7 Å². The molecule has 1 unspecified atom stereocenters. The van der Waals surface area contributed by atoms with Crippen LogP contribution in [-0.4, -0.2) is 54.5 Å². The fourth-order valence-corrected chi connectivity index (χ4v) is 2.93. The Morgan fingerprint density at radius 1 is 1.20 bits per heavy atom. The summed E-state index contributed by atoms with van der Waals surface area (Å²) in [6.45, 7) is 2.06. The molecule has 0 aliphatic carbocycles. The Morgan fingerprint density at radius 2 is 1.72 bits per heavy atom. The van der Waals surface area contributed by atoms with Crippen LogP contribution in [0.4, 0.5) is 0 Å². The van der Waals surface area contributed by atoms with Gasteiger partial charge < -0.3 is 33.0 Å². The van der Waals surface area contributed by atoms with E-state index < -0.39 is 22.0 Å². The molecule has 25 heavy (non-hydrogen) atoms. The molecule has 0 saturated heterocycles. The van der Waals surface area contributed by atoms with Crippen molar-refractivity contribution in [1.82, 2.24) is 4.72 Å². The third-order valence-electron chi connectivity index (χ3n) is 2.87. The van der Waals surface area contributed by atoms with Gasteiger partial charge in [-0.3, -0.25) is 9.79 Å². The van der Waals surface area contributed by atoms with Crippen LogP contribution >= 0.6 is 0 Å². The number of aliphatic imine (C=N–C) groups is 1. The van der Waals surface area contributed by atoms with Gasteiger partial charge in [-0.05, 0) is 31.9 Å². The monoisotopic (exact) mass is 382 g/mol. The molecule has 1 atom stereocenters. The molecule has 0 heterocycles. The second-order valence-corrected chi connectivity index (χ2v) is 6.49. The number of aliphatic carboxylic acids is 1. The summed E-state index contributed by atoms with van der Waals surface area (Å²) in [5.74, 6) is -1.34. The van der Waals surface area contributed by atoms with Gasteiger partial charge in [-0.25, -0.2) is 8.42 Å². The summed E-state index contributed by atoms with van der Waals surface area (Å²) in [6, 6.07) is 4.90. The third-order valence-corrected chi connectivity index (χ3v) is 4.36. The van der Waals surface area contributed by atoms with E-state index in [1.807, 2.05) is 6.92 Å². The normalized spacial score (nSPS) is 11.1. The summed E-state index contributed by atoms with van der Waals surface area (Å²) in [4.78, 5) is 14.9. The molecule has 12 heteroatoms. The molecule has 12 N–H and O–H groups in total. The first-order valence-electron chi connectivity index (χ1n) is 6.59. The van der Waals surface area contributed by atoms with E-state index in [4.69, 9.17) is 16.6 Å². The minimum absolute atomic E-state index is 0. The Kier molecular flexibility index (Phi) is 13.4. The van der Waals surface area contributed by atoms with Crippen LogP contribution in [0.3, 0.4) is 0 Å². The summed E-state index contributed by atoms with van der Waals surface area (Å²) < 4.78 is 26.5. The topological polar surface area (TPSA) is 242 Å². The Balaban J connectivity index is -0.00000161. The van der Waals surface area contributed by atoms with Gasteiger partial charge in [-0.1, -0.05) is 17.7 Å². The number of guanidine groups is 1. The second kappa shape index (κ2) is 12.2. The van der Waals surface area contributed by atoms with Crippen LogP contribution in [0.2, 0.25) is 0 Å². The van der Waals surface area contributed by atoms with Gasteiger partial charge in [0, 0.05) is 6.54 Å². The minimum atomic E-state index is -3.89. The maximum Gasteiger partial charge on any atom is 0.321 e. The average Bonchev–Trinajstić information content (AvgIpc) is 2.42. The summed E-state index contributed by atoms with van der Waals surface area (Å²) in [5.41, 5.74) is 11.2. The number of benzene rings is 1. The number of nitrogens with one attached hydrogen (secondary N) is 1. The van der Waals surface area contributed by atoms with Gasteiger partial charge in [0.15, 0.2) is 5.96 Å². The first-order chi connectivity index (χ1) is 10.2. The van der Waals surface area contributed by atoms with Crippen LogP contribution in [0.1, 0.15) is 18.4 Å². The van der Waals surface area contributed by atoms with E-state index in [2.05, 4.69) is 9.71 Å². The Bertz CT molecular complexity index is 643. The number of nitrogens with zero attached hydrogens (tertiary/aromatic N) is 1. The zero-order chi connectivity index (χ0) is 16.8. The lowest BCUT2D eigenvalue weighted by Gasteiger charge is -2.14. The van der Waals surface area contributed by atoms with E-state index in [1.54, 1.807) is 12.1 Å². The van der Waals surface area contributed by atoms with Gasteiger partial charge >= 0.3 is 5.97 Å². The lowest BCUT2D eigenvalue weighted by Crippen LogP contribution is -2.40. The van der Waals surface area contributed by atoms with Crippen LogP contribution in [0.25, 0.3) is 0 Å². The Morgan fingerprint density at radius 3 is 2.16 bits per heavy atom. The highest BCUT2D eigenvalue weighted by molar-refractivity contribution is 7.89. The molecule has 0 radical (unpaired) electrons. The van der Waals surface area contributed by atoms with Gasteiger partial charge in [0.05, 0.1) is 4.90 Å². The maximum absolute atomic E-state index is 12.2. The molecule has 0 aliphatic rings. The number of nitrogens with two attached hydrogens (primary N) is 2. The van der Waals surface area contributed by atoms with Crippen molar-refractivity contribution in [3.63, 3.8) is 0 Å². The highest BCUT2D eigenvalue weighted by Gasteiger charge is 2.24. The highest BCUT2D eigenvalue weighted by Crippen LogP contribution is 2.12. The molecule has 0 bridgehead atoms. The average molecular weight is 382 g/mol. The van der Waals surface area contributed by atoms with Gasteiger partial charge in [0.1, 0.15) is 6.04 Å². The van der Waals surface area contributed by atoms with E-state index in [0.29, 0.717) is 6.42 Å². The largest absolute Gasteiger partial charge is 0.480 e. The molecular weight excluding hydrogens is 356 g/mol. The molecule has 0 aliphatic heterocycles. The first kappa shape index (κ1) is 27.6. The molecule has 0 amide bonds. The molecule has 0 aromatic heterocycles. The highest BCUT2D eigenvalue weighted by atomic mass is 32.2. The van der Waals surface area contributed by atoms with Crippen molar-refractivity contribution in [2.24, 2.45) is 16.5 Å². The van der Waals surface area contributed by atoms with Gasteiger partial charge in [0.25, 0.3) is 0 Å². The summed E-state index contributed by atoms with van der Waals surface area (Å²) in [5, 5.41) is 9.12. The molecule has 0 saturated carbocycles. The maximum atomic E-state index is 12.2. The molecule has 146 valence electrons. The van der Waals surface area contributed by atoms with Crippen LogP contribution in [0.15, 0.2) is 34.2 Å². The van der Waals surface area contributed by atoms with Crippen LogP contribution in [0, 0.1) is 6.92 Å². The van der Waals surface area contributed by atoms with Crippen molar-refractivity contribution in [2.75, 3.05) is 6.54 Å². The summed E-state index contributed by atoms with van der Waals surface area (Å²) >= 11 is 0. The van der Waals surface area contributed by atoms with Gasteiger partial charge in [0.2, 0.25) is 10.0 Å². The van der Waals surface area contributed by atoms with Gasteiger partial charge in [-0.2, -0.15) is 4.72 Å². The number of carboxylic acid groups (broad SMARTS) is 1. The minimum Gasteiger partial charge on any atom is -0.480 e. The standard InChI is InChI=1S/C13H20N4O4S.3H2O/c1-9-4-6-10(7-5-9)22(20,21)17-11(12(18)19)3-2-8-16-13(14)15;;;/h4-7,11,17H,2-3,8H2,1H3,(H,18,19)(H4,14,15,16);3*1H2. The quantitative estimate of drug-likeness (QED) is 0.211. The Hall–Kier alpha value is -2.25. The number of rotatable bonds is 8. The smallest absolute Gasteiger partial charge is 0.321 e. The number of sulfonamides is 1. The number of carbonyl (C=O) groups is 1. The van der Waals surface area contributed by atoms with Gasteiger partial charge in [-0.15, -0.1) is 0 Å². The van der Waals surface area contributed by atoms with E-state index in [1.165, 1.54) is 12.1 Å². The third kappa shape index (κ3) is 9.59. The number of hydrogen-bond donors (Lipinski definition) is 4. The van der Waals surface area contributed by atoms with Crippen LogP contribution < -0.4 is 16.2 Å². The molecule has 11 nitrogen and oxygen atoms in total. The predicted octanol–water partition coefficient (Wildman–Crippen LogP) is -2.69. The Labute approximate surface area is 145 Å². The van der Waals surface area contributed by atoms with Crippen molar-refractivity contribution in [1.29, 1.82) is 0 Å². The van der Waals surface area contributed by atoms with E-state index in [-0.39, 0.29) is 40.2 Å². The fourth-order valence-electron chi connectivity index (χ4n) is 1.71. The van der Waals surface area contributed by atoms with Crippen molar-refractivity contribution in [3.05, 3.63) is 29.8 Å². The van der Waals surface area contributed by atoms with E-state index in [9.17, 15) is 13.2 Å². The summed E-state index contributed by atoms with van der Waals surface area (Å²) in [6.07, 6.45) is 0.419. The lowest BCUT2D eigenvalue weighted by atomic mass is 10.2. The molecular formula is C13H26N4O7S. The lowest BCUT2D eigenvalue weighted by molar-refractivity contribution is -0.139. The van der Waals surface area contributed by atoms with E-state index >= 15 is 0 Å². The predicted molar refractivity (Wildman–Crippen MR) is 93.7 cm³/mol. The molecule has 1 aromatic carbocycles. The zero-order valence-electron chi connectivity index (χ0n) is 13.7. The SMILES string of the molecule is Cc1ccc(S(=O)(=O)NC(CCCN=C(N)N)C(=O)O)cc1.O.O.O. The zero-order valence-corrected chi connectivity index (χ0v) is 14.5. The first-order valence-corrected chi connectivity index (χ1v) is 8.08. The summed E-state index contributed by atoms with van der Waals surface area (Å²) in [7, 11) is -3.89. The second-order valence-electron chi connectivity index (χ2n) is 4.77. The van der Waals surface area contributed by atoms with Crippen molar-refractivity contribution >= 4 is 22.0 Å². The van der Waals surface area contributed by atoms with Crippen molar-refractivity contribution in [2.45, 2.75) is 30.7 Å². The fraction of sp³-hybridized carbons (Fsp3) is 0.385. The van der Waals surface area contributed by atoms with E-state index in [0.717, 1.165) is 5.56 Å². The molecule has 0 fully saturated rings. The number of carboxylic acids is 1. The molecule has 0 spiro atoms. The number of aryl methyl sites for hydroxylation is 1. The van der Waals surface area contributed by atoms with Crippen LogP contribution in [0.5, 0.6) is 0 Å². The molecule has 1 rings (SSSR count). The number of hydrogen-bond acceptors (Lipinski definition) is 4. The van der Waals surface area contributed by atoms with Crippen molar-refractivity contribution in [3.8, 4) is 0 Å². The molecule has 1 aromatic rings. The van der Waals surface area contributed by atoms with Crippen LogP contribution in [-0.2, 0) is 14.8 Å².